The Morgan fingerprint density at radius 1 is 1.70 bits per heavy atom. The van der Waals surface area contributed by atoms with E-state index < -0.39 is 12.0 Å². The average molecular weight is 146 g/mol. The molecule has 0 bridgehead atoms. The van der Waals surface area contributed by atoms with E-state index >= 15 is 0 Å². The monoisotopic (exact) mass is 146 g/mol. The molecule has 60 valence electrons. The van der Waals surface area contributed by atoms with E-state index in [1.807, 2.05) is 13.8 Å². The molecular formula is C6H12NO3-. The molecule has 0 aliphatic rings. The second-order valence-electron chi connectivity index (χ2n) is 2.64. The highest BCUT2D eigenvalue weighted by Gasteiger charge is 2.13. The first kappa shape index (κ1) is 9.39. The molecule has 0 radical (unpaired) electrons. The highest BCUT2D eigenvalue weighted by atomic mass is 16.5. The molecular weight excluding hydrogens is 134 g/mol. The van der Waals surface area contributed by atoms with E-state index in [2.05, 4.69) is 0 Å². The summed E-state index contributed by atoms with van der Waals surface area (Å²) < 4.78 is 0. The summed E-state index contributed by atoms with van der Waals surface area (Å²) in [5.41, 5.74) is 1.48. The van der Waals surface area contributed by atoms with Gasteiger partial charge in [0.1, 0.15) is 0 Å². The maximum Gasteiger partial charge on any atom is 0.319 e. The zero-order valence-corrected chi connectivity index (χ0v) is 6.13. The van der Waals surface area contributed by atoms with Crippen molar-refractivity contribution in [3.05, 3.63) is 5.21 Å². The summed E-state index contributed by atoms with van der Waals surface area (Å²) in [4.78, 5) is 10.2. The van der Waals surface area contributed by atoms with Gasteiger partial charge >= 0.3 is 5.97 Å². The largest absolute Gasteiger partial charge is 0.787 e. The quantitative estimate of drug-likeness (QED) is 0.569. The Labute approximate surface area is 59.8 Å². The van der Waals surface area contributed by atoms with Crippen LogP contribution in [-0.2, 0) is 4.79 Å². The van der Waals surface area contributed by atoms with Crippen molar-refractivity contribution in [1.82, 2.24) is 5.48 Å². The van der Waals surface area contributed by atoms with Gasteiger partial charge in [0.25, 0.3) is 0 Å². The normalized spacial score (nSPS) is 13.6. The van der Waals surface area contributed by atoms with E-state index in [9.17, 15) is 10.0 Å². The zero-order chi connectivity index (χ0) is 8.15. The summed E-state index contributed by atoms with van der Waals surface area (Å²) in [6.07, 6.45) is 0.374. The zero-order valence-electron chi connectivity index (χ0n) is 6.13. The average Bonchev–Trinajstić information content (AvgIpc) is 1.81. The number of aliphatic carboxylic acids is 1. The number of hydroxylamine groups is 1. The van der Waals surface area contributed by atoms with Crippen LogP contribution in [0.4, 0.5) is 0 Å². The highest BCUT2D eigenvalue weighted by molar-refractivity contribution is 5.73. The molecule has 0 saturated heterocycles. The maximum atomic E-state index is 10.2. The highest BCUT2D eigenvalue weighted by Crippen LogP contribution is 2.03. The maximum absolute atomic E-state index is 10.2. The summed E-state index contributed by atoms with van der Waals surface area (Å²) >= 11 is 0. The number of hydrogen-bond acceptors (Lipinski definition) is 3. The lowest BCUT2D eigenvalue weighted by molar-refractivity contribution is -0.139. The molecule has 0 saturated carbocycles. The van der Waals surface area contributed by atoms with Crippen molar-refractivity contribution in [3.63, 3.8) is 0 Å². The Kier molecular flexibility index (Phi) is 3.99. The molecule has 0 fully saturated rings. The van der Waals surface area contributed by atoms with Gasteiger partial charge in [0.05, 0.1) is 6.04 Å². The van der Waals surface area contributed by atoms with Crippen LogP contribution in [0.3, 0.4) is 0 Å². The number of carboxylic acids is 1. The van der Waals surface area contributed by atoms with Gasteiger partial charge in [-0.25, -0.2) is 0 Å². The lowest BCUT2D eigenvalue weighted by Gasteiger charge is -2.18. The van der Waals surface area contributed by atoms with Gasteiger partial charge in [0.2, 0.25) is 0 Å². The first-order chi connectivity index (χ1) is 4.57. The minimum absolute atomic E-state index is 0.225. The van der Waals surface area contributed by atoms with Crippen LogP contribution in [0.15, 0.2) is 0 Å². The molecule has 0 aromatic heterocycles. The van der Waals surface area contributed by atoms with Crippen LogP contribution in [0.2, 0.25) is 0 Å². The summed E-state index contributed by atoms with van der Waals surface area (Å²) in [5.74, 6) is -0.855. The molecule has 1 atom stereocenters. The van der Waals surface area contributed by atoms with Gasteiger partial charge < -0.3 is 15.8 Å². The third-order valence-electron chi connectivity index (χ3n) is 1.15. The van der Waals surface area contributed by atoms with Gasteiger partial charge in [-0.2, -0.15) is 0 Å². The number of carboxylic acid groups (broad SMARTS) is 1. The van der Waals surface area contributed by atoms with Crippen LogP contribution < -0.4 is 5.48 Å². The second-order valence-corrected chi connectivity index (χ2v) is 2.64. The number of hydrogen-bond donors (Lipinski definition) is 2. The molecule has 2 N–H and O–H groups in total. The molecule has 0 unspecified atom stereocenters. The van der Waals surface area contributed by atoms with Gasteiger partial charge in [0, 0.05) is 0 Å². The van der Waals surface area contributed by atoms with Crippen LogP contribution in [0.1, 0.15) is 20.3 Å². The molecule has 4 heteroatoms. The molecule has 0 aromatic rings. The third-order valence-corrected chi connectivity index (χ3v) is 1.15. The Balaban J connectivity index is 3.72. The van der Waals surface area contributed by atoms with E-state index in [4.69, 9.17) is 5.11 Å². The van der Waals surface area contributed by atoms with E-state index in [-0.39, 0.29) is 5.92 Å². The van der Waals surface area contributed by atoms with E-state index in [0.29, 0.717) is 6.42 Å². The van der Waals surface area contributed by atoms with Crippen molar-refractivity contribution in [2.45, 2.75) is 26.3 Å². The smallest absolute Gasteiger partial charge is 0.319 e. The minimum atomic E-state index is -1.08. The number of carbonyl (C=O) groups is 1. The van der Waals surface area contributed by atoms with Crippen molar-refractivity contribution in [2.24, 2.45) is 5.92 Å². The molecule has 0 aromatic carbocycles. The molecule has 0 aliphatic heterocycles. The molecule has 0 aliphatic carbocycles. The lowest BCUT2D eigenvalue weighted by atomic mass is 10.1. The molecule has 4 nitrogen and oxygen atoms in total. The Hall–Kier alpha value is -0.610. The standard InChI is InChI=1S/C6H12NO3/c1-4(2)3-5(7-10)6(8)9/h4-5,7H,3H2,1-2H3,(H,8,9)/q-1/t5-/m0/s1. The van der Waals surface area contributed by atoms with Crippen LogP contribution in [0.5, 0.6) is 0 Å². The fourth-order valence-corrected chi connectivity index (χ4v) is 0.671. The fourth-order valence-electron chi connectivity index (χ4n) is 0.671. The van der Waals surface area contributed by atoms with Gasteiger partial charge in [-0.05, 0) is 12.3 Å². The second kappa shape index (κ2) is 4.24. The molecule has 0 heterocycles. The van der Waals surface area contributed by atoms with Gasteiger partial charge in [0.15, 0.2) is 0 Å². The van der Waals surface area contributed by atoms with E-state index in [0.717, 1.165) is 0 Å². The molecule has 0 rings (SSSR count). The van der Waals surface area contributed by atoms with E-state index in [1.54, 1.807) is 0 Å². The Morgan fingerprint density at radius 3 is 2.30 bits per heavy atom. The lowest BCUT2D eigenvalue weighted by Crippen LogP contribution is -2.33. The van der Waals surface area contributed by atoms with Crippen molar-refractivity contribution in [3.8, 4) is 0 Å². The van der Waals surface area contributed by atoms with Gasteiger partial charge in [-0.15, -0.1) is 0 Å². The predicted octanol–water partition coefficient (Wildman–Crippen LogP) is 0.573. The summed E-state index contributed by atoms with van der Waals surface area (Å²) in [6.45, 7) is 3.74. The summed E-state index contributed by atoms with van der Waals surface area (Å²) in [7, 11) is 0. The molecule has 10 heavy (non-hydrogen) atoms. The van der Waals surface area contributed by atoms with E-state index in [1.165, 1.54) is 5.48 Å². The topological polar surface area (TPSA) is 72.4 Å². The van der Waals surface area contributed by atoms with Crippen LogP contribution in [0, 0.1) is 11.1 Å². The van der Waals surface area contributed by atoms with Crippen molar-refractivity contribution in [1.29, 1.82) is 0 Å². The summed E-state index contributed by atoms with van der Waals surface area (Å²) in [6, 6.07) is -0.944. The van der Waals surface area contributed by atoms with Crippen LogP contribution in [0.25, 0.3) is 0 Å². The van der Waals surface area contributed by atoms with Crippen molar-refractivity contribution < 1.29 is 9.90 Å². The Bertz CT molecular complexity index is 114. The Morgan fingerprint density at radius 2 is 2.20 bits per heavy atom. The number of rotatable bonds is 4. The first-order valence-corrected chi connectivity index (χ1v) is 3.18. The fraction of sp³-hybridized carbons (Fsp3) is 0.833. The SMILES string of the molecule is CC(C)C[C@H](N[O-])C(=O)O. The van der Waals surface area contributed by atoms with Crippen LogP contribution >= 0.6 is 0 Å². The van der Waals surface area contributed by atoms with Gasteiger partial charge in [-0.1, -0.05) is 13.8 Å². The molecule has 0 spiro atoms. The minimum Gasteiger partial charge on any atom is -0.787 e. The summed E-state index contributed by atoms with van der Waals surface area (Å²) in [5, 5.41) is 18.3. The van der Waals surface area contributed by atoms with Crippen molar-refractivity contribution in [2.75, 3.05) is 0 Å². The molecule has 0 amide bonds. The van der Waals surface area contributed by atoms with Crippen molar-refractivity contribution >= 4 is 5.97 Å². The first-order valence-electron chi connectivity index (χ1n) is 3.18. The third kappa shape index (κ3) is 3.42. The van der Waals surface area contributed by atoms with Gasteiger partial charge in [-0.3, -0.25) is 4.79 Å². The van der Waals surface area contributed by atoms with Crippen LogP contribution in [-0.4, -0.2) is 17.1 Å². The predicted molar refractivity (Wildman–Crippen MR) is 37.4 cm³/mol. The number of nitrogens with one attached hydrogen (secondary N) is 1.